The minimum Gasteiger partial charge on any atom is -0.268 e. The molecule has 0 radical (unpaired) electrons. The average molecular weight is 1560 g/mol. The highest BCUT2D eigenvalue weighted by Crippen LogP contribution is 2.45. The van der Waals surface area contributed by atoms with Crippen molar-refractivity contribution in [2.45, 2.75) is 0 Å². The zero-order valence-electron chi connectivity index (χ0n) is 64.5. The molecule has 0 bridgehead atoms. The summed E-state index contributed by atoms with van der Waals surface area (Å²) in [4.78, 5) is 115. The van der Waals surface area contributed by atoms with E-state index in [2.05, 4.69) is 84.9 Å². The van der Waals surface area contributed by atoms with Gasteiger partial charge in [-0.3, -0.25) is 28.8 Å². The Morgan fingerprint density at radius 2 is 0.347 bits per heavy atom. The van der Waals surface area contributed by atoms with Crippen molar-refractivity contribution in [2.75, 3.05) is 14.7 Å². The summed E-state index contributed by atoms with van der Waals surface area (Å²) in [6.45, 7) is 0. The number of benzene rings is 17. The van der Waals surface area contributed by atoms with Gasteiger partial charge in [-0.15, -0.1) is 0 Å². The molecule has 0 atom stereocenters. The molecule has 0 spiro atoms. The van der Waals surface area contributed by atoms with Gasteiger partial charge < -0.3 is 0 Å². The summed E-state index contributed by atoms with van der Waals surface area (Å²) in [5, 5.41) is 6.60. The van der Waals surface area contributed by atoms with Gasteiger partial charge in [0.1, 0.15) is 0 Å². The summed E-state index contributed by atoms with van der Waals surface area (Å²) in [6.07, 6.45) is 0. The number of carbonyl (C=O) groups is 6. The van der Waals surface area contributed by atoms with Gasteiger partial charge in [-0.05, 0) is 145 Å². The van der Waals surface area contributed by atoms with Crippen LogP contribution in [0.2, 0.25) is 0 Å². The zero-order chi connectivity index (χ0) is 81.6. The van der Waals surface area contributed by atoms with Crippen LogP contribution < -0.4 is 14.7 Å². The number of hydrogen-bond acceptors (Lipinski definition) is 12. The van der Waals surface area contributed by atoms with Crippen LogP contribution in [-0.2, 0) is 0 Å². The fourth-order valence-corrected chi connectivity index (χ4v) is 16.5. The fraction of sp³-hybridized carbons (Fsp3) is 0. The van der Waals surface area contributed by atoms with Gasteiger partial charge in [0.05, 0.1) is 17.1 Å². The van der Waals surface area contributed by atoms with Gasteiger partial charge >= 0.3 is 0 Å². The predicted octanol–water partition coefficient (Wildman–Crippen LogP) is 23.4. The zero-order valence-corrected chi connectivity index (χ0v) is 64.5. The summed E-state index contributed by atoms with van der Waals surface area (Å²) < 4.78 is 0. The molecule has 2 aromatic heterocycles. The molecule has 6 amide bonds. The van der Waals surface area contributed by atoms with E-state index >= 15 is 0 Å². The second-order valence-electron chi connectivity index (χ2n) is 29.2. The lowest BCUT2D eigenvalue weighted by atomic mass is 9.86. The fourth-order valence-electron chi connectivity index (χ4n) is 16.5. The smallest absolute Gasteiger partial charge is 0.265 e. The molecule has 3 aliphatic heterocycles. The number of hydrogen-bond donors (Lipinski definition) is 0. The summed E-state index contributed by atoms with van der Waals surface area (Å²) in [6, 6.07) is 126. The first-order valence-corrected chi connectivity index (χ1v) is 39.5. The first-order valence-electron chi connectivity index (χ1n) is 39.5. The lowest BCUT2D eigenvalue weighted by Gasteiger charge is -2.28. The van der Waals surface area contributed by atoms with E-state index in [1.807, 2.05) is 249 Å². The Balaban J connectivity index is 0.000000116. The summed E-state index contributed by atoms with van der Waals surface area (Å²) in [5.74, 6) is 1.06. The van der Waals surface area contributed by atoms with E-state index in [4.69, 9.17) is 29.9 Å². The number of amides is 6. The van der Waals surface area contributed by atoms with Crippen LogP contribution in [0.4, 0.5) is 17.1 Å². The first kappa shape index (κ1) is 73.1. The molecule has 19 aromatic rings. The molecule has 121 heavy (non-hydrogen) atoms. The third-order valence-electron chi connectivity index (χ3n) is 22.2. The second kappa shape index (κ2) is 31.1. The topological polar surface area (TPSA) is 189 Å². The van der Waals surface area contributed by atoms with Crippen LogP contribution in [0.3, 0.4) is 0 Å². The van der Waals surface area contributed by atoms with E-state index in [1.165, 1.54) is 25.8 Å². The molecule has 15 heteroatoms. The van der Waals surface area contributed by atoms with Crippen molar-refractivity contribution in [3.05, 3.63) is 428 Å². The number of fused-ring (bicyclic) bond motifs is 1. The van der Waals surface area contributed by atoms with Crippen LogP contribution in [0.5, 0.6) is 0 Å². The Morgan fingerprint density at radius 1 is 0.140 bits per heavy atom. The van der Waals surface area contributed by atoms with Crippen molar-refractivity contribution in [3.63, 3.8) is 0 Å². The minimum atomic E-state index is -0.360. The van der Waals surface area contributed by atoms with E-state index < -0.39 is 0 Å². The number of aromatic nitrogens is 6. The molecule has 5 heterocycles. The molecule has 0 saturated heterocycles. The molecular weight excluding hydrogens is 1500 g/mol. The van der Waals surface area contributed by atoms with Gasteiger partial charge in [0.2, 0.25) is 0 Å². The molecule has 17 aromatic carbocycles. The van der Waals surface area contributed by atoms with E-state index in [9.17, 15) is 28.8 Å². The monoisotopic (exact) mass is 1560 g/mol. The Hall–Kier alpha value is -16.8. The molecule has 0 N–H and O–H groups in total. The Labute approximate surface area is 694 Å². The van der Waals surface area contributed by atoms with Crippen molar-refractivity contribution in [3.8, 4) is 102 Å². The number of nitrogens with zero attached hydrogens (tertiary/aromatic N) is 9. The number of anilines is 3. The SMILES string of the molecule is O=C1c2cccc3c(-c4ccc(-c5ccccc5)c5ccccc45)ccc(c23)C(=O)N1c1ccccc1.O=C1c2cccc3c(-c4nc(-c5ccccc5)nc(-c5ccc(-c6ccccc6)cc5)n4)ccc(c23)C(=O)N1c1ccccc1.O=C1c2cccc3c(-c4nc(-c5ccccc5)nc(-c5ccccc5)n4)ccc(c23)C(=O)N1c1ccccc1. The average Bonchev–Trinajstić information content (AvgIpc) is 0.735. The molecule has 0 fully saturated rings. The van der Waals surface area contributed by atoms with Crippen LogP contribution >= 0.6 is 0 Å². The van der Waals surface area contributed by atoms with Crippen LogP contribution in [-0.4, -0.2) is 65.3 Å². The highest BCUT2D eigenvalue weighted by Gasteiger charge is 2.38. The Bertz CT molecular complexity index is 7250. The quantitative estimate of drug-likeness (QED) is 0.105. The van der Waals surface area contributed by atoms with Crippen molar-refractivity contribution in [1.82, 2.24) is 29.9 Å². The number of para-hydroxylation sites is 3. The third kappa shape index (κ3) is 13.3. The van der Waals surface area contributed by atoms with E-state index in [1.54, 1.807) is 60.7 Å². The molecule has 3 aliphatic rings. The van der Waals surface area contributed by atoms with Gasteiger partial charge in [-0.1, -0.05) is 309 Å². The molecular formula is C106H65N9O6. The van der Waals surface area contributed by atoms with Crippen molar-refractivity contribution in [1.29, 1.82) is 0 Å². The molecule has 0 saturated carbocycles. The maximum atomic E-state index is 13.7. The molecule has 570 valence electrons. The maximum Gasteiger partial charge on any atom is 0.265 e. The van der Waals surface area contributed by atoms with E-state index in [-0.39, 0.29) is 35.4 Å². The van der Waals surface area contributed by atoms with Crippen molar-refractivity contribution in [2.24, 2.45) is 0 Å². The van der Waals surface area contributed by atoms with Gasteiger partial charge in [0.25, 0.3) is 35.4 Å². The summed E-state index contributed by atoms with van der Waals surface area (Å²) in [5.41, 5.74) is 16.1. The van der Waals surface area contributed by atoms with Gasteiger partial charge in [0, 0.05) is 82.9 Å². The minimum absolute atomic E-state index is 0.296. The van der Waals surface area contributed by atoms with Gasteiger partial charge in [-0.25, -0.2) is 44.6 Å². The molecule has 22 rings (SSSR count). The molecule has 0 unspecified atom stereocenters. The lowest BCUT2D eigenvalue weighted by Crippen LogP contribution is -2.40. The van der Waals surface area contributed by atoms with E-state index in [0.29, 0.717) is 102 Å². The van der Waals surface area contributed by atoms with Crippen LogP contribution in [0, 0.1) is 0 Å². The number of carbonyl (C=O) groups excluding carboxylic acids is 6. The van der Waals surface area contributed by atoms with Crippen molar-refractivity contribution < 1.29 is 28.8 Å². The molecule has 15 nitrogen and oxygen atoms in total. The largest absolute Gasteiger partial charge is 0.268 e. The summed E-state index contributed by atoms with van der Waals surface area (Å²) >= 11 is 0. The normalized spacial score (nSPS) is 12.7. The molecule has 0 aliphatic carbocycles. The second-order valence-corrected chi connectivity index (χ2v) is 29.2. The summed E-state index contributed by atoms with van der Waals surface area (Å²) in [7, 11) is 0. The van der Waals surface area contributed by atoms with Gasteiger partial charge in [0.15, 0.2) is 34.9 Å². The van der Waals surface area contributed by atoms with Gasteiger partial charge in [-0.2, -0.15) is 0 Å². The number of rotatable bonds is 12. The lowest BCUT2D eigenvalue weighted by molar-refractivity contribution is 0.0877. The van der Waals surface area contributed by atoms with Crippen LogP contribution in [0.15, 0.2) is 394 Å². The predicted molar refractivity (Wildman–Crippen MR) is 478 cm³/mol. The standard InChI is InChI=1S/C39H24N4O2.C34H21NO2.C33H20N4O2/c44-38-32-18-10-17-30-31(23-24-33(34(30)32)39(45)43(38)29-15-8-3-9-16-29)37-41-35(27-13-6-2-7-14-27)40-36(42-37)28-21-19-26(20-22-28)25-11-4-1-5-12-25;36-33-30-17-9-16-29-28(20-21-31(32(29)30)34(37)35(33)23-12-5-2-6-13-23)27-19-18-24(22-10-3-1-4-11-22)25-14-7-8-15-26(25)27;38-32-26-18-10-17-24-25(19-20-27(28(24)26)33(39)37(32)23-15-8-3-9-16-23)31-35-29(21-11-4-1-5-12-21)34-30(36-31)22-13-6-2-7-14-22/h1-24H;1-21H;1-20H. The van der Waals surface area contributed by atoms with Crippen LogP contribution in [0.1, 0.15) is 62.1 Å². The highest BCUT2D eigenvalue weighted by atomic mass is 16.2. The van der Waals surface area contributed by atoms with Crippen molar-refractivity contribution >= 4 is 95.6 Å². The first-order chi connectivity index (χ1) is 59.6. The third-order valence-corrected chi connectivity index (χ3v) is 22.2. The number of imide groups is 3. The van der Waals surface area contributed by atoms with Crippen LogP contribution in [0.25, 0.3) is 145 Å². The Morgan fingerprint density at radius 3 is 0.686 bits per heavy atom. The maximum absolute atomic E-state index is 13.7. The van der Waals surface area contributed by atoms with E-state index in [0.717, 1.165) is 82.4 Å². The highest BCUT2D eigenvalue weighted by molar-refractivity contribution is 6.39. The Kier molecular flexibility index (Phi) is 18.8.